The summed E-state index contributed by atoms with van der Waals surface area (Å²) in [5, 5.41) is 0. The van der Waals surface area contributed by atoms with Gasteiger partial charge in [0, 0.05) is 6.42 Å². The predicted molar refractivity (Wildman–Crippen MR) is 63.0 cm³/mol. The predicted octanol–water partition coefficient (Wildman–Crippen LogP) is 1.76. The number of carbonyl (C=O) groups excluding carboxylic acids is 2. The van der Waals surface area contributed by atoms with Crippen LogP contribution in [-0.2, 0) is 20.7 Å². The maximum absolute atomic E-state index is 11.4. The van der Waals surface area contributed by atoms with Crippen molar-refractivity contribution in [1.29, 1.82) is 0 Å². The monoisotopic (exact) mass is 236 g/mol. The molecular weight excluding hydrogens is 220 g/mol. The molecule has 0 aliphatic carbocycles. The Morgan fingerprint density at radius 3 is 2.29 bits per heavy atom. The van der Waals surface area contributed by atoms with Gasteiger partial charge in [-0.1, -0.05) is 12.1 Å². The highest BCUT2D eigenvalue weighted by Gasteiger charge is 2.09. The molecule has 0 spiro atoms. The van der Waals surface area contributed by atoms with E-state index in [9.17, 15) is 9.59 Å². The molecule has 0 saturated heterocycles. The van der Waals surface area contributed by atoms with Crippen LogP contribution in [0.5, 0.6) is 5.75 Å². The molecule has 0 amide bonds. The molecule has 0 N–H and O–H groups in total. The third-order valence-electron chi connectivity index (χ3n) is 2.42. The molecule has 0 saturated carbocycles. The highest BCUT2D eigenvalue weighted by atomic mass is 16.5. The van der Waals surface area contributed by atoms with E-state index in [0.29, 0.717) is 12.8 Å². The molecule has 0 fully saturated rings. The van der Waals surface area contributed by atoms with Crippen LogP contribution in [0.15, 0.2) is 24.3 Å². The lowest BCUT2D eigenvalue weighted by atomic mass is 10.1. The number of benzene rings is 1. The van der Waals surface area contributed by atoms with Crippen molar-refractivity contribution in [3.8, 4) is 5.75 Å². The molecule has 4 heteroatoms. The van der Waals surface area contributed by atoms with E-state index in [0.717, 1.165) is 11.3 Å². The maximum atomic E-state index is 11.4. The number of ketones is 1. The molecule has 0 unspecified atom stereocenters. The largest absolute Gasteiger partial charge is 0.497 e. The summed E-state index contributed by atoms with van der Waals surface area (Å²) in [7, 11) is 2.88. The SMILES string of the molecule is COC(=O)CC(=O)CCc1ccc(OC)cc1. The lowest BCUT2D eigenvalue weighted by Gasteiger charge is -2.03. The van der Waals surface area contributed by atoms with Gasteiger partial charge in [0.2, 0.25) is 0 Å². The minimum atomic E-state index is -0.482. The first-order valence-electron chi connectivity index (χ1n) is 5.37. The molecule has 4 nitrogen and oxygen atoms in total. The Hall–Kier alpha value is -1.84. The van der Waals surface area contributed by atoms with Crippen molar-refractivity contribution in [2.24, 2.45) is 0 Å². The van der Waals surface area contributed by atoms with Crippen molar-refractivity contribution < 1.29 is 19.1 Å². The van der Waals surface area contributed by atoms with E-state index in [1.807, 2.05) is 24.3 Å². The molecule has 0 atom stereocenters. The van der Waals surface area contributed by atoms with Gasteiger partial charge in [-0.3, -0.25) is 9.59 Å². The molecule has 17 heavy (non-hydrogen) atoms. The van der Waals surface area contributed by atoms with Gasteiger partial charge in [-0.2, -0.15) is 0 Å². The average Bonchev–Trinajstić information content (AvgIpc) is 2.36. The number of esters is 1. The summed E-state index contributed by atoms with van der Waals surface area (Å²) >= 11 is 0. The van der Waals surface area contributed by atoms with Crippen LogP contribution in [0.4, 0.5) is 0 Å². The molecule has 0 radical (unpaired) electrons. The lowest BCUT2D eigenvalue weighted by molar-refractivity contribution is -0.143. The highest BCUT2D eigenvalue weighted by molar-refractivity contribution is 5.95. The summed E-state index contributed by atoms with van der Waals surface area (Å²) in [5.74, 6) is 0.201. The maximum Gasteiger partial charge on any atom is 0.313 e. The Labute approximate surface area is 101 Å². The number of hydrogen-bond acceptors (Lipinski definition) is 4. The van der Waals surface area contributed by atoms with Gasteiger partial charge in [0.1, 0.15) is 18.0 Å². The standard InChI is InChI=1S/C13H16O4/c1-16-12-7-4-10(5-8-12)3-6-11(14)9-13(15)17-2/h4-5,7-8H,3,6,9H2,1-2H3. The Kier molecular flexibility index (Phi) is 5.20. The van der Waals surface area contributed by atoms with E-state index >= 15 is 0 Å². The Morgan fingerprint density at radius 2 is 1.76 bits per heavy atom. The van der Waals surface area contributed by atoms with Crippen molar-refractivity contribution in [1.82, 2.24) is 0 Å². The molecule has 92 valence electrons. The molecule has 0 bridgehead atoms. The quantitative estimate of drug-likeness (QED) is 0.558. The zero-order valence-electron chi connectivity index (χ0n) is 10.1. The number of hydrogen-bond donors (Lipinski definition) is 0. The van der Waals surface area contributed by atoms with E-state index in [2.05, 4.69) is 4.74 Å². The van der Waals surface area contributed by atoms with E-state index in [-0.39, 0.29) is 12.2 Å². The van der Waals surface area contributed by atoms with Crippen LogP contribution in [0.25, 0.3) is 0 Å². The van der Waals surface area contributed by atoms with E-state index in [1.54, 1.807) is 7.11 Å². The lowest BCUT2D eigenvalue weighted by Crippen LogP contribution is -2.09. The second kappa shape index (κ2) is 6.68. The van der Waals surface area contributed by atoms with Crippen molar-refractivity contribution >= 4 is 11.8 Å². The number of rotatable bonds is 6. The minimum Gasteiger partial charge on any atom is -0.497 e. The molecule has 0 aliphatic heterocycles. The fourth-order valence-electron chi connectivity index (χ4n) is 1.40. The molecule has 0 aliphatic rings. The highest BCUT2D eigenvalue weighted by Crippen LogP contribution is 2.12. The number of ether oxygens (including phenoxy) is 2. The van der Waals surface area contributed by atoms with Crippen molar-refractivity contribution in [2.45, 2.75) is 19.3 Å². The van der Waals surface area contributed by atoms with Crippen LogP contribution in [0.1, 0.15) is 18.4 Å². The fourth-order valence-corrected chi connectivity index (χ4v) is 1.40. The zero-order valence-corrected chi connectivity index (χ0v) is 10.1. The molecular formula is C13H16O4. The summed E-state index contributed by atoms with van der Waals surface area (Å²) in [6.45, 7) is 0. The van der Waals surface area contributed by atoms with Crippen molar-refractivity contribution in [3.63, 3.8) is 0 Å². The molecule has 1 rings (SSSR count). The molecule has 1 aromatic carbocycles. The third kappa shape index (κ3) is 4.68. The number of methoxy groups -OCH3 is 2. The number of aryl methyl sites for hydroxylation is 1. The second-order valence-electron chi connectivity index (χ2n) is 3.64. The Balaban J connectivity index is 2.39. The van der Waals surface area contributed by atoms with Crippen LogP contribution < -0.4 is 4.74 Å². The Morgan fingerprint density at radius 1 is 1.12 bits per heavy atom. The van der Waals surface area contributed by atoms with E-state index in [4.69, 9.17) is 4.74 Å². The summed E-state index contributed by atoms with van der Waals surface area (Å²) in [4.78, 5) is 22.2. The van der Waals surface area contributed by atoms with Crippen LogP contribution in [0, 0.1) is 0 Å². The topological polar surface area (TPSA) is 52.6 Å². The smallest absolute Gasteiger partial charge is 0.313 e. The zero-order chi connectivity index (χ0) is 12.7. The van der Waals surface area contributed by atoms with E-state index < -0.39 is 5.97 Å². The normalized spacial score (nSPS) is 9.76. The second-order valence-corrected chi connectivity index (χ2v) is 3.64. The van der Waals surface area contributed by atoms with Gasteiger partial charge in [0.05, 0.1) is 14.2 Å². The average molecular weight is 236 g/mol. The van der Waals surface area contributed by atoms with Gasteiger partial charge >= 0.3 is 5.97 Å². The third-order valence-corrected chi connectivity index (χ3v) is 2.42. The number of Topliss-reactive ketones (excluding diaryl/α,β-unsaturated/α-hetero) is 1. The van der Waals surface area contributed by atoms with Crippen LogP contribution in [-0.4, -0.2) is 26.0 Å². The molecule has 0 heterocycles. The first kappa shape index (κ1) is 13.2. The van der Waals surface area contributed by atoms with Gasteiger partial charge in [-0.25, -0.2) is 0 Å². The van der Waals surface area contributed by atoms with Crippen LogP contribution >= 0.6 is 0 Å². The van der Waals surface area contributed by atoms with Gasteiger partial charge in [-0.05, 0) is 24.1 Å². The first-order valence-corrected chi connectivity index (χ1v) is 5.37. The fraction of sp³-hybridized carbons (Fsp3) is 0.385. The summed E-state index contributed by atoms with van der Waals surface area (Å²) in [5.41, 5.74) is 1.05. The first-order chi connectivity index (χ1) is 8.15. The molecule has 1 aromatic rings. The van der Waals surface area contributed by atoms with Gasteiger partial charge in [0.15, 0.2) is 0 Å². The van der Waals surface area contributed by atoms with Crippen LogP contribution in [0.3, 0.4) is 0 Å². The minimum absolute atomic E-state index is 0.104. The van der Waals surface area contributed by atoms with Gasteiger partial charge in [0.25, 0.3) is 0 Å². The van der Waals surface area contributed by atoms with Crippen molar-refractivity contribution in [3.05, 3.63) is 29.8 Å². The Bertz CT molecular complexity index is 381. The summed E-state index contributed by atoms with van der Waals surface area (Å²) < 4.78 is 9.46. The van der Waals surface area contributed by atoms with Crippen molar-refractivity contribution in [2.75, 3.05) is 14.2 Å². The summed E-state index contributed by atoms with van der Waals surface area (Å²) in [6, 6.07) is 7.51. The van der Waals surface area contributed by atoms with E-state index in [1.165, 1.54) is 7.11 Å². The van der Waals surface area contributed by atoms with Crippen LogP contribution in [0.2, 0.25) is 0 Å². The van der Waals surface area contributed by atoms with Gasteiger partial charge < -0.3 is 9.47 Å². The summed E-state index contributed by atoms with van der Waals surface area (Å²) in [6.07, 6.45) is 0.827. The molecule has 0 aromatic heterocycles. The number of carbonyl (C=O) groups is 2. The van der Waals surface area contributed by atoms with Gasteiger partial charge in [-0.15, -0.1) is 0 Å².